The van der Waals surface area contributed by atoms with Crippen LogP contribution in [0.1, 0.15) is 6.92 Å². The Bertz CT molecular complexity index is 378. The summed E-state index contributed by atoms with van der Waals surface area (Å²) in [5, 5.41) is 8.23. The number of anilines is 1. The number of rotatable bonds is 4. The third kappa shape index (κ3) is 3.27. The third-order valence-corrected chi connectivity index (χ3v) is 2.21. The second-order valence-electron chi connectivity index (χ2n) is 3.33. The van der Waals surface area contributed by atoms with Crippen LogP contribution in [-0.4, -0.2) is 28.8 Å². The molecule has 0 bridgehead atoms. The molecule has 16 heavy (non-hydrogen) atoms. The number of thiol groups is 1. The van der Waals surface area contributed by atoms with Gasteiger partial charge >= 0.3 is 5.97 Å². The van der Waals surface area contributed by atoms with Gasteiger partial charge in [0.2, 0.25) is 5.91 Å². The average Bonchev–Trinajstić information content (AvgIpc) is 2.26. The van der Waals surface area contributed by atoms with Crippen LogP contribution in [0.5, 0.6) is 0 Å². The second kappa shape index (κ2) is 5.55. The van der Waals surface area contributed by atoms with E-state index in [1.54, 1.807) is 37.3 Å². The molecule has 0 saturated heterocycles. The average molecular weight is 239 g/mol. The van der Waals surface area contributed by atoms with Gasteiger partial charge in [-0.1, -0.05) is 18.2 Å². The van der Waals surface area contributed by atoms with Crippen molar-refractivity contribution in [2.45, 2.75) is 12.2 Å². The molecule has 0 radical (unpaired) electrons. The highest BCUT2D eigenvalue weighted by Crippen LogP contribution is 2.15. The highest BCUT2D eigenvalue weighted by molar-refractivity contribution is 7.81. The topological polar surface area (TPSA) is 57.6 Å². The van der Waals surface area contributed by atoms with Gasteiger partial charge in [-0.25, -0.2) is 0 Å². The van der Waals surface area contributed by atoms with Gasteiger partial charge in [-0.3, -0.25) is 9.59 Å². The summed E-state index contributed by atoms with van der Waals surface area (Å²) >= 11 is 4.02. The Morgan fingerprint density at radius 1 is 1.38 bits per heavy atom. The Labute approximate surface area is 99.3 Å². The number of carbonyl (C=O) groups is 2. The van der Waals surface area contributed by atoms with E-state index in [0.29, 0.717) is 5.69 Å². The van der Waals surface area contributed by atoms with Gasteiger partial charge in [-0.2, -0.15) is 12.6 Å². The van der Waals surface area contributed by atoms with Crippen molar-refractivity contribution in [3.63, 3.8) is 0 Å². The van der Waals surface area contributed by atoms with Gasteiger partial charge < -0.3 is 10.0 Å². The van der Waals surface area contributed by atoms with Crippen molar-refractivity contribution >= 4 is 30.2 Å². The van der Waals surface area contributed by atoms with Crippen molar-refractivity contribution in [2.75, 3.05) is 11.4 Å². The molecule has 1 atom stereocenters. The summed E-state index contributed by atoms with van der Waals surface area (Å²) in [5.74, 6) is -1.37. The summed E-state index contributed by atoms with van der Waals surface area (Å²) in [6.07, 6.45) is 0. The molecule has 86 valence electrons. The molecule has 1 aromatic carbocycles. The van der Waals surface area contributed by atoms with Crippen LogP contribution in [0.15, 0.2) is 30.3 Å². The molecule has 1 rings (SSSR count). The van der Waals surface area contributed by atoms with Gasteiger partial charge in [0.1, 0.15) is 6.54 Å². The molecule has 1 amide bonds. The lowest BCUT2D eigenvalue weighted by Gasteiger charge is -2.22. The lowest BCUT2D eigenvalue weighted by atomic mass is 10.2. The van der Waals surface area contributed by atoms with Gasteiger partial charge in [0.25, 0.3) is 0 Å². The first-order valence-corrected chi connectivity index (χ1v) is 5.30. The minimum atomic E-state index is -1.05. The minimum absolute atomic E-state index is 0.322. The number of aliphatic carboxylic acids is 1. The van der Waals surface area contributed by atoms with Crippen LogP contribution in [0.25, 0.3) is 0 Å². The highest BCUT2D eigenvalue weighted by atomic mass is 32.1. The minimum Gasteiger partial charge on any atom is -0.480 e. The van der Waals surface area contributed by atoms with E-state index in [0.717, 1.165) is 0 Å². The molecule has 1 unspecified atom stereocenters. The lowest BCUT2D eigenvalue weighted by Crippen LogP contribution is -2.39. The Kier molecular flexibility index (Phi) is 4.37. The molecule has 4 nitrogen and oxygen atoms in total. The fourth-order valence-corrected chi connectivity index (χ4v) is 1.40. The highest BCUT2D eigenvalue weighted by Gasteiger charge is 2.21. The van der Waals surface area contributed by atoms with Gasteiger partial charge in [0, 0.05) is 5.69 Å². The van der Waals surface area contributed by atoms with E-state index in [-0.39, 0.29) is 12.5 Å². The molecule has 1 aromatic rings. The first kappa shape index (κ1) is 12.6. The smallest absolute Gasteiger partial charge is 0.323 e. The first-order valence-electron chi connectivity index (χ1n) is 4.78. The van der Waals surface area contributed by atoms with Crippen molar-refractivity contribution in [3.05, 3.63) is 30.3 Å². The van der Waals surface area contributed by atoms with E-state index < -0.39 is 11.2 Å². The molecular weight excluding hydrogens is 226 g/mol. The first-order chi connectivity index (χ1) is 7.52. The Balaban J connectivity index is 2.96. The number of hydrogen-bond donors (Lipinski definition) is 2. The molecule has 0 spiro atoms. The van der Waals surface area contributed by atoms with Crippen molar-refractivity contribution in [2.24, 2.45) is 0 Å². The maximum atomic E-state index is 11.8. The Morgan fingerprint density at radius 3 is 2.38 bits per heavy atom. The molecule has 0 aliphatic rings. The normalized spacial score (nSPS) is 11.9. The molecule has 0 aromatic heterocycles. The second-order valence-corrected chi connectivity index (χ2v) is 4.10. The van der Waals surface area contributed by atoms with Crippen LogP contribution >= 0.6 is 12.6 Å². The van der Waals surface area contributed by atoms with Crippen molar-refractivity contribution < 1.29 is 14.7 Å². The largest absolute Gasteiger partial charge is 0.480 e. The van der Waals surface area contributed by atoms with E-state index in [1.165, 1.54) is 4.90 Å². The van der Waals surface area contributed by atoms with Crippen LogP contribution in [0.3, 0.4) is 0 Å². The molecule has 0 aliphatic heterocycles. The number of para-hydroxylation sites is 1. The van der Waals surface area contributed by atoms with E-state index in [9.17, 15) is 9.59 Å². The van der Waals surface area contributed by atoms with E-state index >= 15 is 0 Å². The van der Waals surface area contributed by atoms with E-state index in [4.69, 9.17) is 5.11 Å². The maximum absolute atomic E-state index is 11.8. The van der Waals surface area contributed by atoms with Gasteiger partial charge in [-0.15, -0.1) is 0 Å². The van der Waals surface area contributed by atoms with E-state index in [1.807, 2.05) is 0 Å². The van der Waals surface area contributed by atoms with Crippen LogP contribution in [0, 0.1) is 0 Å². The number of carboxylic acids is 1. The van der Waals surface area contributed by atoms with Crippen molar-refractivity contribution in [3.8, 4) is 0 Å². The summed E-state index contributed by atoms with van der Waals surface area (Å²) < 4.78 is 0. The monoisotopic (exact) mass is 239 g/mol. The summed E-state index contributed by atoms with van der Waals surface area (Å²) in [7, 11) is 0. The van der Waals surface area contributed by atoms with Crippen LogP contribution in [-0.2, 0) is 9.59 Å². The van der Waals surface area contributed by atoms with E-state index in [2.05, 4.69) is 12.6 Å². The third-order valence-electron chi connectivity index (χ3n) is 1.98. The molecular formula is C11H13NO3S. The van der Waals surface area contributed by atoms with Gasteiger partial charge in [0.05, 0.1) is 5.25 Å². The Hall–Kier alpha value is -1.49. The zero-order valence-corrected chi connectivity index (χ0v) is 9.72. The number of nitrogens with zero attached hydrogens (tertiary/aromatic N) is 1. The van der Waals surface area contributed by atoms with Crippen molar-refractivity contribution in [1.29, 1.82) is 0 Å². The molecule has 0 saturated carbocycles. The fourth-order valence-electron chi connectivity index (χ4n) is 1.27. The van der Waals surface area contributed by atoms with Crippen LogP contribution in [0.4, 0.5) is 5.69 Å². The number of benzene rings is 1. The number of hydrogen-bond acceptors (Lipinski definition) is 3. The summed E-state index contributed by atoms with van der Waals surface area (Å²) in [6, 6.07) is 8.69. The fraction of sp³-hybridized carbons (Fsp3) is 0.273. The van der Waals surface area contributed by atoms with Crippen molar-refractivity contribution in [1.82, 2.24) is 0 Å². The van der Waals surface area contributed by atoms with Gasteiger partial charge in [-0.05, 0) is 19.1 Å². The number of carbonyl (C=O) groups excluding carboxylic acids is 1. The maximum Gasteiger partial charge on any atom is 0.323 e. The van der Waals surface area contributed by atoms with Crippen LogP contribution < -0.4 is 4.90 Å². The quantitative estimate of drug-likeness (QED) is 0.781. The number of carboxylic acid groups (broad SMARTS) is 1. The lowest BCUT2D eigenvalue weighted by molar-refractivity contribution is -0.136. The predicted molar refractivity (Wildman–Crippen MR) is 64.9 cm³/mol. The summed E-state index contributed by atoms with van der Waals surface area (Å²) in [6.45, 7) is 1.26. The molecule has 0 fully saturated rings. The summed E-state index contributed by atoms with van der Waals surface area (Å²) in [4.78, 5) is 23.7. The molecule has 5 heteroatoms. The number of amides is 1. The molecule has 0 heterocycles. The van der Waals surface area contributed by atoms with Gasteiger partial charge in [0.15, 0.2) is 0 Å². The standard InChI is InChI=1S/C11H13NO3S/c1-8(16)11(15)12(7-10(13)14)9-5-3-2-4-6-9/h2-6,8,16H,7H2,1H3,(H,13,14). The molecule has 0 aliphatic carbocycles. The molecule has 1 N–H and O–H groups in total. The Morgan fingerprint density at radius 2 is 1.94 bits per heavy atom. The van der Waals surface area contributed by atoms with Crippen LogP contribution in [0.2, 0.25) is 0 Å². The SMILES string of the molecule is CC(S)C(=O)N(CC(=O)O)c1ccccc1. The zero-order valence-electron chi connectivity index (χ0n) is 8.83. The summed E-state index contributed by atoms with van der Waals surface area (Å²) in [5.41, 5.74) is 0.566. The zero-order chi connectivity index (χ0) is 12.1. The predicted octanol–water partition coefficient (Wildman–Crippen LogP) is 1.42.